The molecule has 5 heteroatoms. The van der Waals surface area contributed by atoms with E-state index in [4.69, 9.17) is 15.2 Å². The van der Waals surface area contributed by atoms with Crippen LogP contribution in [0.15, 0.2) is 48.5 Å². The van der Waals surface area contributed by atoms with Crippen molar-refractivity contribution in [2.75, 3.05) is 7.11 Å². The molecule has 0 saturated heterocycles. The average Bonchev–Trinajstić information content (AvgIpc) is 2.53. The molecule has 1 amide bonds. The van der Waals surface area contributed by atoms with E-state index in [1.54, 1.807) is 31.4 Å². The molecule has 0 spiro atoms. The monoisotopic (exact) mass is 311 g/mol. The molecule has 2 N–H and O–H groups in total. The summed E-state index contributed by atoms with van der Waals surface area (Å²) in [4.78, 5) is 23.0. The van der Waals surface area contributed by atoms with E-state index in [-0.39, 0.29) is 11.3 Å². The van der Waals surface area contributed by atoms with Crippen LogP contribution in [0.2, 0.25) is 0 Å². The molecule has 0 heterocycles. The van der Waals surface area contributed by atoms with Gasteiger partial charge in [0.15, 0.2) is 0 Å². The van der Waals surface area contributed by atoms with E-state index in [9.17, 15) is 9.59 Å². The SMILES string of the molecule is COc1ccc(C)cc1/C=C/C(=O)Oc1cccc(C(N)=O)c1. The zero-order valence-electron chi connectivity index (χ0n) is 12.9. The molecule has 23 heavy (non-hydrogen) atoms. The molecule has 0 aliphatic carbocycles. The lowest BCUT2D eigenvalue weighted by atomic mass is 10.1. The molecule has 0 bridgehead atoms. The van der Waals surface area contributed by atoms with Crippen LogP contribution in [0.25, 0.3) is 6.08 Å². The molecule has 0 fully saturated rings. The van der Waals surface area contributed by atoms with Crippen LogP contribution < -0.4 is 15.2 Å². The number of rotatable bonds is 5. The summed E-state index contributed by atoms with van der Waals surface area (Å²) in [6.07, 6.45) is 2.92. The van der Waals surface area contributed by atoms with Crippen molar-refractivity contribution in [1.29, 1.82) is 0 Å². The van der Waals surface area contributed by atoms with E-state index in [0.717, 1.165) is 11.1 Å². The fraction of sp³-hybridized carbons (Fsp3) is 0.111. The number of benzene rings is 2. The Labute approximate surface area is 134 Å². The van der Waals surface area contributed by atoms with Gasteiger partial charge in [-0.2, -0.15) is 0 Å². The molecular formula is C18H17NO4. The van der Waals surface area contributed by atoms with Crippen LogP contribution in [-0.4, -0.2) is 19.0 Å². The Morgan fingerprint density at radius 2 is 1.91 bits per heavy atom. The summed E-state index contributed by atoms with van der Waals surface area (Å²) >= 11 is 0. The highest BCUT2D eigenvalue weighted by atomic mass is 16.5. The first-order chi connectivity index (χ1) is 11.0. The Bertz CT molecular complexity index is 765. The number of esters is 1. The molecule has 118 valence electrons. The number of primary amides is 1. The summed E-state index contributed by atoms with van der Waals surface area (Å²) in [6.45, 7) is 1.95. The van der Waals surface area contributed by atoms with Gasteiger partial charge in [0, 0.05) is 17.2 Å². The summed E-state index contributed by atoms with van der Waals surface area (Å²) in [5, 5.41) is 0. The molecule has 5 nitrogen and oxygen atoms in total. The van der Waals surface area contributed by atoms with Gasteiger partial charge in [-0.15, -0.1) is 0 Å². The molecule has 0 radical (unpaired) electrons. The van der Waals surface area contributed by atoms with Crippen molar-refractivity contribution in [2.24, 2.45) is 5.73 Å². The fourth-order valence-electron chi connectivity index (χ4n) is 2.00. The van der Waals surface area contributed by atoms with Crippen LogP contribution in [-0.2, 0) is 4.79 Å². The largest absolute Gasteiger partial charge is 0.496 e. The third kappa shape index (κ3) is 4.44. The van der Waals surface area contributed by atoms with Crippen LogP contribution in [0.3, 0.4) is 0 Å². The number of ether oxygens (including phenoxy) is 2. The summed E-state index contributed by atoms with van der Waals surface area (Å²) < 4.78 is 10.4. The van der Waals surface area contributed by atoms with E-state index < -0.39 is 11.9 Å². The lowest BCUT2D eigenvalue weighted by Crippen LogP contribution is -2.11. The standard InChI is InChI=1S/C18H17NO4/c1-12-6-8-16(22-2)13(10-12)7-9-17(20)23-15-5-3-4-14(11-15)18(19)21/h3-11H,1-2H3,(H2,19,21)/b9-7+. The maximum absolute atomic E-state index is 11.9. The summed E-state index contributed by atoms with van der Waals surface area (Å²) in [7, 11) is 1.57. The number of hydrogen-bond donors (Lipinski definition) is 1. The normalized spacial score (nSPS) is 10.5. The zero-order valence-corrected chi connectivity index (χ0v) is 12.9. The van der Waals surface area contributed by atoms with Crippen molar-refractivity contribution in [3.05, 3.63) is 65.2 Å². The van der Waals surface area contributed by atoms with Crippen LogP contribution in [0.1, 0.15) is 21.5 Å². The minimum atomic E-state index is -0.581. The number of carbonyl (C=O) groups is 2. The Balaban J connectivity index is 2.12. The zero-order chi connectivity index (χ0) is 16.8. The van der Waals surface area contributed by atoms with E-state index in [0.29, 0.717) is 5.75 Å². The molecule has 0 saturated carbocycles. The Morgan fingerprint density at radius 3 is 2.61 bits per heavy atom. The molecule has 2 rings (SSSR count). The number of aryl methyl sites for hydroxylation is 1. The van der Waals surface area contributed by atoms with Gasteiger partial charge in [0.1, 0.15) is 11.5 Å². The molecule has 0 aliphatic rings. The van der Waals surface area contributed by atoms with Crippen molar-refractivity contribution < 1.29 is 19.1 Å². The first-order valence-electron chi connectivity index (χ1n) is 6.94. The quantitative estimate of drug-likeness (QED) is 0.523. The molecule has 0 aromatic heterocycles. The van der Waals surface area contributed by atoms with Gasteiger partial charge in [-0.3, -0.25) is 4.79 Å². The van der Waals surface area contributed by atoms with Crippen molar-refractivity contribution in [1.82, 2.24) is 0 Å². The van der Waals surface area contributed by atoms with Gasteiger partial charge in [-0.05, 0) is 43.3 Å². The van der Waals surface area contributed by atoms with Crippen molar-refractivity contribution in [3.63, 3.8) is 0 Å². The van der Waals surface area contributed by atoms with E-state index in [2.05, 4.69) is 0 Å². The first-order valence-corrected chi connectivity index (χ1v) is 6.94. The van der Waals surface area contributed by atoms with E-state index >= 15 is 0 Å². The smallest absolute Gasteiger partial charge is 0.336 e. The number of methoxy groups -OCH3 is 1. The van der Waals surface area contributed by atoms with Crippen molar-refractivity contribution in [3.8, 4) is 11.5 Å². The minimum Gasteiger partial charge on any atom is -0.496 e. The number of nitrogens with two attached hydrogens (primary N) is 1. The Morgan fingerprint density at radius 1 is 1.13 bits per heavy atom. The molecule has 0 atom stereocenters. The predicted molar refractivity (Wildman–Crippen MR) is 87.4 cm³/mol. The van der Waals surface area contributed by atoms with Crippen LogP contribution in [0.4, 0.5) is 0 Å². The molecule has 2 aromatic rings. The van der Waals surface area contributed by atoms with E-state index in [1.807, 2.05) is 25.1 Å². The fourth-order valence-corrected chi connectivity index (χ4v) is 2.00. The predicted octanol–water partition coefficient (Wildman–Crippen LogP) is 2.72. The van der Waals surface area contributed by atoms with Gasteiger partial charge in [0.25, 0.3) is 0 Å². The lowest BCUT2D eigenvalue weighted by molar-refractivity contribution is -0.128. The third-order valence-electron chi connectivity index (χ3n) is 3.12. The minimum absolute atomic E-state index is 0.257. The van der Waals surface area contributed by atoms with Crippen LogP contribution >= 0.6 is 0 Å². The van der Waals surface area contributed by atoms with Gasteiger partial charge >= 0.3 is 5.97 Å². The average molecular weight is 311 g/mol. The Hall–Kier alpha value is -3.08. The highest BCUT2D eigenvalue weighted by Crippen LogP contribution is 2.21. The second kappa shape index (κ2) is 7.26. The molecular weight excluding hydrogens is 294 g/mol. The summed E-state index contributed by atoms with van der Waals surface area (Å²) in [5.41, 5.74) is 7.29. The summed E-state index contributed by atoms with van der Waals surface area (Å²) in [6, 6.07) is 11.8. The number of amides is 1. The maximum atomic E-state index is 11.9. The molecule has 2 aromatic carbocycles. The maximum Gasteiger partial charge on any atom is 0.336 e. The topological polar surface area (TPSA) is 78.6 Å². The van der Waals surface area contributed by atoms with Gasteiger partial charge in [0.2, 0.25) is 5.91 Å². The van der Waals surface area contributed by atoms with Gasteiger partial charge < -0.3 is 15.2 Å². The summed E-state index contributed by atoms with van der Waals surface area (Å²) in [5.74, 6) is -0.222. The van der Waals surface area contributed by atoms with Crippen molar-refractivity contribution in [2.45, 2.75) is 6.92 Å². The first kappa shape index (κ1) is 16.3. The second-order valence-corrected chi connectivity index (χ2v) is 4.89. The molecule has 0 aliphatic heterocycles. The highest BCUT2D eigenvalue weighted by molar-refractivity contribution is 5.94. The third-order valence-corrected chi connectivity index (χ3v) is 3.12. The second-order valence-electron chi connectivity index (χ2n) is 4.89. The van der Waals surface area contributed by atoms with Crippen molar-refractivity contribution >= 4 is 18.0 Å². The van der Waals surface area contributed by atoms with Gasteiger partial charge in [-0.1, -0.05) is 17.7 Å². The van der Waals surface area contributed by atoms with E-state index in [1.165, 1.54) is 12.1 Å². The lowest BCUT2D eigenvalue weighted by Gasteiger charge is -2.06. The van der Waals surface area contributed by atoms with Gasteiger partial charge in [-0.25, -0.2) is 4.79 Å². The van der Waals surface area contributed by atoms with Crippen LogP contribution in [0.5, 0.6) is 11.5 Å². The number of carbonyl (C=O) groups excluding carboxylic acids is 2. The van der Waals surface area contributed by atoms with Gasteiger partial charge in [0.05, 0.1) is 7.11 Å². The van der Waals surface area contributed by atoms with Crippen LogP contribution in [0, 0.1) is 6.92 Å². The number of hydrogen-bond acceptors (Lipinski definition) is 4. The Kier molecular flexibility index (Phi) is 5.15. The molecule has 0 unspecified atom stereocenters. The highest BCUT2D eigenvalue weighted by Gasteiger charge is 2.06.